The van der Waals surface area contributed by atoms with Gasteiger partial charge < -0.3 is 10.1 Å². The van der Waals surface area contributed by atoms with Gasteiger partial charge in [0.25, 0.3) is 0 Å². The maximum Gasteiger partial charge on any atom is 0.223 e. The number of hydrogen-bond donors (Lipinski definition) is 1. The molecule has 6 nitrogen and oxygen atoms in total. The van der Waals surface area contributed by atoms with Crippen molar-refractivity contribution in [1.29, 1.82) is 0 Å². The number of nitrogens with zero attached hydrogens (tertiary/aromatic N) is 1. The smallest absolute Gasteiger partial charge is 0.223 e. The van der Waals surface area contributed by atoms with Gasteiger partial charge >= 0.3 is 0 Å². The second kappa shape index (κ2) is 10.9. The SMILES string of the molecule is CCOc1ccc(C(C)NC(=O)C2CCN(S(=O)(=O)Cc3ccc(Cl)c(Cl)c3)CC2)cc1. The van der Waals surface area contributed by atoms with E-state index in [1.807, 2.05) is 38.1 Å². The normalized spacial score (nSPS) is 16.5. The van der Waals surface area contributed by atoms with Gasteiger partial charge in [0, 0.05) is 19.0 Å². The van der Waals surface area contributed by atoms with Crippen LogP contribution in [0.3, 0.4) is 0 Å². The highest BCUT2D eigenvalue weighted by atomic mass is 35.5. The molecule has 9 heteroatoms. The topological polar surface area (TPSA) is 75.7 Å². The van der Waals surface area contributed by atoms with E-state index < -0.39 is 10.0 Å². The zero-order chi connectivity index (χ0) is 23.3. The molecule has 1 atom stereocenters. The Morgan fingerprint density at radius 2 is 1.78 bits per heavy atom. The predicted molar refractivity (Wildman–Crippen MR) is 128 cm³/mol. The van der Waals surface area contributed by atoms with Crippen molar-refractivity contribution < 1.29 is 17.9 Å². The third kappa shape index (κ3) is 6.38. The van der Waals surface area contributed by atoms with Gasteiger partial charge in [-0.1, -0.05) is 41.4 Å². The quantitative estimate of drug-likeness (QED) is 0.566. The lowest BCUT2D eigenvalue weighted by Crippen LogP contribution is -2.43. The maximum atomic E-state index is 12.8. The van der Waals surface area contributed by atoms with Crippen LogP contribution in [0.15, 0.2) is 42.5 Å². The van der Waals surface area contributed by atoms with Gasteiger partial charge in [-0.3, -0.25) is 4.79 Å². The number of halogens is 2. The van der Waals surface area contributed by atoms with Crippen molar-refractivity contribution in [2.75, 3.05) is 19.7 Å². The fourth-order valence-electron chi connectivity index (χ4n) is 3.76. The van der Waals surface area contributed by atoms with Crippen molar-refractivity contribution in [3.05, 3.63) is 63.6 Å². The standard InChI is InChI=1S/C23H28Cl2N2O4S/c1-3-31-20-7-5-18(6-8-20)16(2)26-23(28)19-10-12-27(13-11-19)32(29,30)15-17-4-9-21(24)22(25)14-17/h4-9,14,16,19H,3,10-13,15H2,1-2H3,(H,26,28). The van der Waals surface area contributed by atoms with Crippen molar-refractivity contribution >= 4 is 39.1 Å². The Balaban J connectivity index is 1.52. The van der Waals surface area contributed by atoms with Crippen LogP contribution in [0.4, 0.5) is 0 Å². The zero-order valence-electron chi connectivity index (χ0n) is 18.2. The Morgan fingerprint density at radius 1 is 1.12 bits per heavy atom. The van der Waals surface area contributed by atoms with E-state index in [0.29, 0.717) is 48.1 Å². The van der Waals surface area contributed by atoms with Crippen molar-refractivity contribution in [2.24, 2.45) is 5.92 Å². The Morgan fingerprint density at radius 3 is 2.38 bits per heavy atom. The Labute approximate surface area is 199 Å². The number of benzene rings is 2. The van der Waals surface area contributed by atoms with Crippen molar-refractivity contribution in [1.82, 2.24) is 9.62 Å². The number of hydrogen-bond acceptors (Lipinski definition) is 4. The molecule has 1 amide bonds. The summed E-state index contributed by atoms with van der Waals surface area (Å²) in [5, 5.41) is 3.77. The molecule has 1 aliphatic heterocycles. The summed E-state index contributed by atoms with van der Waals surface area (Å²) < 4.78 is 32.5. The van der Waals surface area contributed by atoms with Crippen LogP contribution in [-0.2, 0) is 20.6 Å². The molecule has 0 spiro atoms. The summed E-state index contributed by atoms with van der Waals surface area (Å²) in [5.41, 5.74) is 1.58. The summed E-state index contributed by atoms with van der Waals surface area (Å²) in [5.74, 6) is 0.393. The minimum absolute atomic E-state index is 0.0482. The maximum absolute atomic E-state index is 12.8. The minimum Gasteiger partial charge on any atom is -0.494 e. The third-order valence-corrected chi connectivity index (χ3v) is 8.19. The Bertz CT molecular complexity index is 1040. The third-order valence-electron chi connectivity index (χ3n) is 5.60. The molecule has 1 fully saturated rings. The fraction of sp³-hybridized carbons (Fsp3) is 0.435. The summed E-state index contributed by atoms with van der Waals surface area (Å²) in [6.45, 7) is 5.11. The fourth-order valence-corrected chi connectivity index (χ4v) is 5.63. The van der Waals surface area contributed by atoms with E-state index >= 15 is 0 Å². The van der Waals surface area contributed by atoms with Crippen LogP contribution >= 0.6 is 23.2 Å². The molecule has 1 saturated heterocycles. The number of carbonyl (C=O) groups excluding carboxylic acids is 1. The van der Waals surface area contributed by atoms with Gasteiger partial charge in [-0.25, -0.2) is 12.7 Å². The Kier molecular flexibility index (Phi) is 8.44. The number of carbonyl (C=O) groups is 1. The van der Waals surface area contributed by atoms with Gasteiger partial charge in [-0.2, -0.15) is 0 Å². The molecule has 0 radical (unpaired) electrons. The Hall–Kier alpha value is -1.80. The van der Waals surface area contributed by atoms with Crippen LogP contribution < -0.4 is 10.1 Å². The molecule has 0 aliphatic carbocycles. The van der Waals surface area contributed by atoms with E-state index in [-0.39, 0.29) is 23.6 Å². The number of amides is 1. The molecular weight excluding hydrogens is 471 g/mol. The van der Waals surface area contributed by atoms with E-state index in [1.54, 1.807) is 18.2 Å². The van der Waals surface area contributed by atoms with Crippen LogP contribution in [0, 0.1) is 5.92 Å². The number of piperidine rings is 1. The molecule has 0 aromatic heterocycles. The van der Waals surface area contributed by atoms with Crippen LogP contribution in [0.2, 0.25) is 10.0 Å². The highest BCUT2D eigenvalue weighted by Gasteiger charge is 2.31. The highest BCUT2D eigenvalue weighted by Crippen LogP contribution is 2.26. The lowest BCUT2D eigenvalue weighted by Gasteiger charge is -2.31. The van der Waals surface area contributed by atoms with E-state index in [1.165, 1.54) is 4.31 Å². The molecule has 32 heavy (non-hydrogen) atoms. The molecule has 1 aliphatic rings. The molecule has 2 aromatic carbocycles. The molecule has 3 rings (SSSR count). The lowest BCUT2D eigenvalue weighted by molar-refractivity contribution is -0.126. The molecule has 1 unspecified atom stereocenters. The second-order valence-electron chi connectivity index (χ2n) is 7.91. The second-order valence-corrected chi connectivity index (χ2v) is 10.7. The zero-order valence-corrected chi connectivity index (χ0v) is 20.5. The first-order valence-electron chi connectivity index (χ1n) is 10.6. The number of sulfonamides is 1. The largest absolute Gasteiger partial charge is 0.494 e. The summed E-state index contributed by atoms with van der Waals surface area (Å²) in [7, 11) is -3.50. The molecule has 0 saturated carbocycles. The first-order valence-corrected chi connectivity index (χ1v) is 13.0. The molecular formula is C23H28Cl2N2O4S. The van der Waals surface area contributed by atoms with E-state index in [4.69, 9.17) is 27.9 Å². The van der Waals surface area contributed by atoms with Crippen LogP contribution in [0.1, 0.15) is 43.9 Å². The number of nitrogens with one attached hydrogen (secondary N) is 1. The summed E-state index contributed by atoms with van der Waals surface area (Å²) >= 11 is 11.9. The lowest BCUT2D eigenvalue weighted by atomic mass is 9.96. The summed E-state index contributed by atoms with van der Waals surface area (Å²) in [6, 6.07) is 12.3. The monoisotopic (exact) mass is 498 g/mol. The first kappa shape index (κ1) is 24.8. The molecule has 2 aromatic rings. The van der Waals surface area contributed by atoms with Crippen molar-refractivity contribution in [3.63, 3.8) is 0 Å². The van der Waals surface area contributed by atoms with Gasteiger partial charge in [0.2, 0.25) is 15.9 Å². The van der Waals surface area contributed by atoms with E-state index in [2.05, 4.69) is 5.32 Å². The van der Waals surface area contributed by atoms with E-state index in [9.17, 15) is 13.2 Å². The summed E-state index contributed by atoms with van der Waals surface area (Å²) in [6.07, 6.45) is 0.977. The van der Waals surface area contributed by atoms with Gasteiger partial charge in [0.05, 0.1) is 28.4 Å². The van der Waals surface area contributed by atoms with Gasteiger partial charge in [0.1, 0.15) is 5.75 Å². The number of rotatable bonds is 8. The number of ether oxygens (including phenoxy) is 1. The molecule has 174 valence electrons. The van der Waals surface area contributed by atoms with Gasteiger partial charge in [-0.05, 0) is 62.1 Å². The van der Waals surface area contributed by atoms with Crippen molar-refractivity contribution in [3.8, 4) is 5.75 Å². The van der Waals surface area contributed by atoms with Crippen molar-refractivity contribution in [2.45, 2.75) is 38.5 Å². The minimum atomic E-state index is -3.50. The van der Waals surface area contributed by atoms with Crippen LogP contribution in [0.25, 0.3) is 0 Å². The van der Waals surface area contributed by atoms with Gasteiger partial charge in [-0.15, -0.1) is 0 Å². The molecule has 1 heterocycles. The van der Waals surface area contributed by atoms with Gasteiger partial charge in [0.15, 0.2) is 0 Å². The molecule has 0 bridgehead atoms. The highest BCUT2D eigenvalue weighted by molar-refractivity contribution is 7.88. The average Bonchev–Trinajstić information content (AvgIpc) is 2.77. The van der Waals surface area contributed by atoms with Crippen LogP contribution in [0.5, 0.6) is 5.75 Å². The predicted octanol–water partition coefficient (Wildman–Crippen LogP) is 4.81. The van der Waals surface area contributed by atoms with E-state index in [0.717, 1.165) is 11.3 Å². The average molecular weight is 499 g/mol. The first-order chi connectivity index (χ1) is 15.2. The van der Waals surface area contributed by atoms with Crippen LogP contribution in [-0.4, -0.2) is 38.3 Å². The molecule has 1 N–H and O–H groups in total. The summed E-state index contributed by atoms with van der Waals surface area (Å²) in [4.78, 5) is 12.7.